The van der Waals surface area contributed by atoms with E-state index in [1.807, 2.05) is 30.3 Å². The second-order valence-electron chi connectivity index (χ2n) is 5.19. The molecule has 1 N–H and O–H groups in total. The van der Waals surface area contributed by atoms with Crippen LogP contribution in [0.3, 0.4) is 0 Å². The Morgan fingerprint density at radius 1 is 1.27 bits per heavy atom. The molecule has 0 spiro atoms. The minimum atomic E-state index is -1.35. The summed E-state index contributed by atoms with van der Waals surface area (Å²) in [7, 11) is 0. The molecule has 6 nitrogen and oxygen atoms in total. The van der Waals surface area contributed by atoms with E-state index in [4.69, 9.17) is 5.26 Å². The number of benzene rings is 1. The Morgan fingerprint density at radius 3 is 2.64 bits per heavy atom. The van der Waals surface area contributed by atoms with Gasteiger partial charge in [-0.15, -0.1) is 0 Å². The average Bonchev–Trinajstić information content (AvgIpc) is 3.20. The molecule has 1 amide bonds. The second kappa shape index (κ2) is 5.82. The number of carbonyl (C=O) groups is 2. The molecule has 0 saturated heterocycles. The molecule has 2 aromatic rings. The van der Waals surface area contributed by atoms with Crippen molar-refractivity contribution in [1.82, 2.24) is 15.1 Å². The third-order valence-electron chi connectivity index (χ3n) is 3.44. The van der Waals surface area contributed by atoms with E-state index in [0.29, 0.717) is 0 Å². The van der Waals surface area contributed by atoms with Gasteiger partial charge in [-0.05, 0) is 31.0 Å². The third kappa shape index (κ3) is 2.88. The van der Waals surface area contributed by atoms with Crippen LogP contribution < -0.4 is 5.32 Å². The highest BCUT2D eigenvalue weighted by molar-refractivity contribution is 6.11. The predicted molar refractivity (Wildman–Crippen MR) is 78.2 cm³/mol. The van der Waals surface area contributed by atoms with Crippen LogP contribution in [0.25, 0.3) is 5.69 Å². The fourth-order valence-electron chi connectivity index (χ4n) is 2.08. The summed E-state index contributed by atoms with van der Waals surface area (Å²) >= 11 is 0. The Bertz CT molecular complexity index is 741. The number of carbonyl (C=O) groups excluding carboxylic acids is 2. The zero-order valence-corrected chi connectivity index (χ0v) is 11.8. The van der Waals surface area contributed by atoms with Crippen molar-refractivity contribution in [3.63, 3.8) is 0 Å². The molecule has 1 saturated carbocycles. The number of ketones is 1. The SMILES string of the molecule is N#CC(C(=O)NC1CC1)C(=O)c1ccn(-c2ccccc2)n1. The highest BCUT2D eigenvalue weighted by atomic mass is 16.2. The Hall–Kier alpha value is -2.94. The smallest absolute Gasteiger partial charge is 0.245 e. The lowest BCUT2D eigenvalue weighted by molar-refractivity contribution is -0.122. The van der Waals surface area contributed by atoms with Crippen molar-refractivity contribution in [3.05, 3.63) is 48.3 Å². The van der Waals surface area contributed by atoms with E-state index in [0.717, 1.165) is 18.5 Å². The molecule has 1 aliphatic carbocycles. The Morgan fingerprint density at radius 2 is 2.00 bits per heavy atom. The highest BCUT2D eigenvalue weighted by Gasteiger charge is 2.33. The van der Waals surface area contributed by atoms with Gasteiger partial charge >= 0.3 is 0 Å². The first kappa shape index (κ1) is 14.0. The van der Waals surface area contributed by atoms with Crippen LogP contribution in [0, 0.1) is 17.2 Å². The van der Waals surface area contributed by atoms with E-state index in [-0.39, 0.29) is 11.7 Å². The van der Waals surface area contributed by atoms with E-state index in [9.17, 15) is 9.59 Å². The van der Waals surface area contributed by atoms with Crippen molar-refractivity contribution in [2.45, 2.75) is 18.9 Å². The molecule has 3 rings (SSSR count). The van der Waals surface area contributed by atoms with E-state index >= 15 is 0 Å². The number of hydrogen-bond acceptors (Lipinski definition) is 4. The van der Waals surface area contributed by atoms with Crippen LogP contribution >= 0.6 is 0 Å². The molecule has 22 heavy (non-hydrogen) atoms. The number of rotatable bonds is 5. The maximum absolute atomic E-state index is 12.3. The molecule has 1 heterocycles. The van der Waals surface area contributed by atoms with E-state index < -0.39 is 17.6 Å². The van der Waals surface area contributed by atoms with Gasteiger partial charge in [0.25, 0.3) is 0 Å². The predicted octanol–water partition coefficient (Wildman–Crippen LogP) is 1.47. The summed E-state index contributed by atoms with van der Waals surface area (Å²) < 4.78 is 1.54. The standard InChI is InChI=1S/C16H14N4O2/c17-10-13(16(22)18-11-6-7-11)15(21)14-8-9-20(19-14)12-4-2-1-3-5-12/h1-5,8-9,11,13H,6-7H2,(H,18,22). The number of nitrogens with one attached hydrogen (secondary N) is 1. The van der Waals surface area contributed by atoms with Crippen molar-refractivity contribution in [2.24, 2.45) is 5.92 Å². The Kier molecular flexibility index (Phi) is 3.71. The van der Waals surface area contributed by atoms with Crippen molar-refractivity contribution in [1.29, 1.82) is 5.26 Å². The largest absolute Gasteiger partial charge is 0.352 e. The van der Waals surface area contributed by atoms with Crippen LogP contribution in [0.1, 0.15) is 23.3 Å². The molecule has 1 unspecified atom stereocenters. The number of Topliss-reactive ketones (excluding diaryl/α,β-unsaturated/α-hetero) is 1. The quantitative estimate of drug-likeness (QED) is 0.668. The molecule has 110 valence electrons. The maximum Gasteiger partial charge on any atom is 0.245 e. The van der Waals surface area contributed by atoms with Crippen LogP contribution in [-0.2, 0) is 4.79 Å². The molecule has 0 bridgehead atoms. The van der Waals surface area contributed by atoms with Crippen molar-refractivity contribution < 1.29 is 9.59 Å². The molecule has 1 aliphatic rings. The van der Waals surface area contributed by atoms with Crippen molar-refractivity contribution >= 4 is 11.7 Å². The topological polar surface area (TPSA) is 87.8 Å². The number of hydrogen-bond donors (Lipinski definition) is 1. The fourth-order valence-corrected chi connectivity index (χ4v) is 2.08. The molecule has 1 aromatic heterocycles. The summed E-state index contributed by atoms with van der Waals surface area (Å²) in [6, 6.07) is 12.7. The lowest BCUT2D eigenvalue weighted by Crippen LogP contribution is -2.36. The van der Waals surface area contributed by atoms with Crippen LogP contribution in [0.2, 0.25) is 0 Å². The van der Waals surface area contributed by atoms with Gasteiger partial charge in [0.2, 0.25) is 11.7 Å². The van der Waals surface area contributed by atoms with Crippen LogP contribution in [0.15, 0.2) is 42.6 Å². The van der Waals surface area contributed by atoms with E-state index in [1.165, 1.54) is 6.07 Å². The normalized spacial score (nSPS) is 14.9. The van der Waals surface area contributed by atoms with Crippen LogP contribution in [0.4, 0.5) is 0 Å². The average molecular weight is 294 g/mol. The molecule has 1 atom stereocenters. The minimum absolute atomic E-state index is 0.109. The van der Waals surface area contributed by atoms with Crippen LogP contribution in [0.5, 0.6) is 0 Å². The van der Waals surface area contributed by atoms with Gasteiger partial charge in [-0.3, -0.25) is 9.59 Å². The molecule has 1 fully saturated rings. The minimum Gasteiger partial charge on any atom is -0.352 e. The second-order valence-corrected chi connectivity index (χ2v) is 5.19. The van der Waals surface area contributed by atoms with Gasteiger partial charge in [-0.1, -0.05) is 18.2 Å². The molecular formula is C16H14N4O2. The van der Waals surface area contributed by atoms with Gasteiger partial charge in [0.05, 0.1) is 11.8 Å². The summed E-state index contributed by atoms with van der Waals surface area (Å²) in [6.45, 7) is 0. The summed E-state index contributed by atoms with van der Waals surface area (Å²) in [4.78, 5) is 24.2. The van der Waals surface area contributed by atoms with Gasteiger partial charge in [-0.2, -0.15) is 10.4 Å². The summed E-state index contributed by atoms with van der Waals surface area (Å²) in [5.74, 6) is -2.46. The molecule has 0 radical (unpaired) electrons. The Labute approximate surface area is 127 Å². The third-order valence-corrected chi connectivity index (χ3v) is 3.44. The van der Waals surface area contributed by atoms with Gasteiger partial charge in [-0.25, -0.2) is 4.68 Å². The van der Waals surface area contributed by atoms with Gasteiger partial charge < -0.3 is 5.32 Å². The number of aromatic nitrogens is 2. The lowest BCUT2D eigenvalue weighted by atomic mass is 10.0. The molecular weight excluding hydrogens is 280 g/mol. The monoisotopic (exact) mass is 294 g/mol. The van der Waals surface area contributed by atoms with E-state index in [1.54, 1.807) is 16.9 Å². The van der Waals surface area contributed by atoms with E-state index in [2.05, 4.69) is 10.4 Å². The first-order valence-electron chi connectivity index (χ1n) is 7.04. The first-order valence-corrected chi connectivity index (χ1v) is 7.04. The zero-order valence-electron chi connectivity index (χ0n) is 11.8. The molecule has 6 heteroatoms. The van der Waals surface area contributed by atoms with Gasteiger partial charge in [0, 0.05) is 12.2 Å². The fraction of sp³-hybridized carbons (Fsp3) is 0.250. The van der Waals surface area contributed by atoms with Crippen molar-refractivity contribution in [2.75, 3.05) is 0 Å². The number of para-hydroxylation sites is 1. The summed E-state index contributed by atoms with van der Waals surface area (Å²) in [6.07, 6.45) is 3.44. The van der Waals surface area contributed by atoms with Gasteiger partial charge in [0.1, 0.15) is 5.69 Å². The lowest BCUT2D eigenvalue weighted by Gasteiger charge is -2.07. The van der Waals surface area contributed by atoms with Crippen molar-refractivity contribution in [3.8, 4) is 11.8 Å². The number of nitrogens with zero attached hydrogens (tertiary/aromatic N) is 3. The summed E-state index contributed by atoms with van der Waals surface area (Å²) in [5, 5.41) is 16.0. The highest BCUT2D eigenvalue weighted by Crippen LogP contribution is 2.20. The van der Waals surface area contributed by atoms with Gasteiger partial charge in [0.15, 0.2) is 5.92 Å². The summed E-state index contributed by atoms with van der Waals surface area (Å²) in [5.41, 5.74) is 0.916. The first-order chi connectivity index (χ1) is 10.7. The Balaban J connectivity index is 1.78. The molecule has 0 aliphatic heterocycles. The van der Waals surface area contributed by atoms with Crippen LogP contribution in [-0.4, -0.2) is 27.5 Å². The number of amides is 1. The maximum atomic E-state index is 12.3. The molecule has 1 aromatic carbocycles. The number of nitriles is 1. The zero-order chi connectivity index (χ0) is 15.5.